The minimum absolute atomic E-state index is 0.0722. The fourth-order valence-electron chi connectivity index (χ4n) is 2.05. The van der Waals surface area contributed by atoms with Crippen LogP contribution in [0.2, 0.25) is 0 Å². The summed E-state index contributed by atoms with van der Waals surface area (Å²) in [5, 5.41) is 9.36. The third kappa shape index (κ3) is 3.30. The highest BCUT2D eigenvalue weighted by atomic mass is 16.7. The number of ether oxygens (including phenoxy) is 3. The lowest BCUT2D eigenvalue weighted by molar-refractivity contribution is 0.173. The van der Waals surface area contributed by atoms with Crippen LogP contribution in [0.3, 0.4) is 0 Å². The van der Waals surface area contributed by atoms with Crippen LogP contribution in [0.1, 0.15) is 19.4 Å². The number of hydrogen-bond donors (Lipinski definition) is 1. The summed E-state index contributed by atoms with van der Waals surface area (Å²) >= 11 is 0. The maximum atomic E-state index is 9.36. The van der Waals surface area contributed by atoms with Gasteiger partial charge in [0.1, 0.15) is 12.4 Å². The Kier molecular flexibility index (Phi) is 4.87. The van der Waals surface area contributed by atoms with E-state index in [-0.39, 0.29) is 13.4 Å². The van der Waals surface area contributed by atoms with E-state index in [1.807, 2.05) is 0 Å². The van der Waals surface area contributed by atoms with Gasteiger partial charge in [-0.15, -0.1) is 0 Å². The van der Waals surface area contributed by atoms with Crippen molar-refractivity contribution in [3.63, 3.8) is 0 Å². The molecular formula is C14H21NO4. The van der Waals surface area contributed by atoms with E-state index in [2.05, 4.69) is 18.7 Å². The zero-order valence-electron chi connectivity index (χ0n) is 11.5. The van der Waals surface area contributed by atoms with Crippen molar-refractivity contribution in [3.8, 4) is 17.2 Å². The first-order valence-electron chi connectivity index (χ1n) is 6.67. The second-order valence-corrected chi connectivity index (χ2v) is 4.35. The number of rotatable bonds is 7. The third-order valence-corrected chi connectivity index (χ3v) is 3.29. The van der Waals surface area contributed by atoms with Gasteiger partial charge in [-0.1, -0.05) is 13.8 Å². The van der Waals surface area contributed by atoms with Gasteiger partial charge in [-0.05, 0) is 19.2 Å². The number of likely N-dealkylation sites (N-methyl/N-ethyl adjacent to an activating group) is 1. The molecular weight excluding hydrogens is 246 g/mol. The topological polar surface area (TPSA) is 51.2 Å². The average molecular weight is 267 g/mol. The second-order valence-electron chi connectivity index (χ2n) is 4.35. The normalized spacial score (nSPS) is 13.1. The standard InChI is InChI=1S/C14H21NO4/c1-3-15(4-2)5-6-17-12-8-14-13(18-10-19-14)7-11(12)9-16/h7-8,16H,3-6,9-10H2,1-2H3. The summed E-state index contributed by atoms with van der Waals surface area (Å²) in [6, 6.07) is 3.56. The Bertz CT molecular complexity index is 418. The monoisotopic (exact) mass is 267 g/mol. The third-order valence-electron chi connectivity index (χ3n) is 3.29. The van der Waals surface area contributed by atoms with Crippen molar-refractivity contribution in [2.75, 3.05) is 33.0 Å². The first-order chi connectivity index (χ1) is 9.28. The van der Waals surface area contributed by atoms with Crippen LogP contribution in [0.25, 0.3) is 0 Å². The molecule has 0 spiro atoms. The number of hydrogen-bond acceptors (Lipinski definition) is 5. The van der Waals surface area contributed by atoms with Crippen LogP contribution in [-0.4, -0.2) is 43.0 Å². The summed E-state index contributed by atoms with van der Waals surface area (Å²) in [6.45, 7) is 7.88. The molecule has 0 aromatic heterocycles. The number of aliphatic hydroxyl groups excluding tert-OH is 1. The molecule has 0 fully saturated rings. The zero-order valence-corrected chi connectivity index (χ0v) is 11.5. The van der Waals surface area contributed by atoms with Gasteiger partial charge in [0, 0.05) is 18.2 Å². The molecule has 1 aromatic carbocycles. The van der Waals surface area contributed by atoms with E-state index in [4.69, 9.17) is 14.2 Å². The average Bonchev–Trinajstić information content (AvgIpc) is 2.89. The highest BCUT2D eigenvalue weighted by Crippen LogP contribution is 2.38. The van der Waals surface area contributed by atoms with Gasteiger partial charge in [0.2, 0.25) is 6.79 Å². The molecule has 0 aliphatic carbocycles. The Morgan fingerprint density at radius 2 is 1.89 bits per heavy atom. The fraction of sp³-hybridized carbons (Fsp3) is 0.571. The highest BCUT2D eigenvalue weighted by molar-refractivity contribution is 5.51. The van der Waals surface area contributed by atoms with Gasteiger partial charge < -0.3 is 24.2 Å². The summed E-state index contributed by atoms with van der Waals surface area (Å²) in [4.78, 5) is 2.28. The Morgan fingerprint density at radius 1 is 1.21 bits per heavy atom. The highest BCUT2D eigenvalue weighted by Gasteiger charge is 2.17. The van der Waals surface area contributed by atoms with E-state index in [1.54, 1.807) is 12.1 Å². The number of aliphatic hydroxyl groups is 1. The van der Waals surface area contributed by atoms with E-state index in [9.17, 15) is 5.11 Å². The van der Waals surface area contributed by atoms with Crippen molar-refractivity contribution in [2.45, 2.75) is 20.5 Å². The van der Waals surface area contributed by atoms with Gasteiger partial charge in [-0.3, -0.25) is 0 Å². The van der Waals surface area contributed by atoms with Crippen LogP contribution >= 0.6 is 0 Å². The lowest BCUT2D eigenvalue weighted by atomic mass is 10.2. The molecule has 1 aliphatic rings. The van der Waals surface area contributed by atoms with Gasteiger partial charge in [0.25, 0.3) is 0 Å². The quantitative estimate of drug-likeness (QED) is 0.813. The molecule has 1 heterocycles. The molecule has 0 amide bonds. The van der Waals surface area contributed by atoms with Gasteiger partial charge >= 0.3 is 0 Å². The van der Waals surface area contributed by atoms with Crippen molar-refractivity contribution >= 4 is 0 Å². The molecule has 5 nitrogen and oxygen atoms in total. The van der Waals surface area contributed by atoms with E-state index < -0.39 is 0 Å². The smallest absolute Gasteiger partial charge is 0.231 e. The molecule has 0 radical (unpaired) electrons. The summed E-state index contributed by atoms with van der Waals surface area (Å²) < 4.78 is 16.3. The van der Waals surface area contributed by atoms with E-state index >= 15 is 0 Å². The number of benzene rings is 1. The maximum Gasteiger partial charge on any atom is 0.231 e. The van der Waals surface area contributed by atoms with Crippen LogP contribution in [0.15, 0.2) is 12.1 Å². The van der Waals surface area contributed by atoms with Crippen LogP contribution < -0.4 is 14.2 Å². The van der Waals surface area contributed by atoms with Crippen LogP contribution in [-0.2, 0) is 6.61 Å². The lowest BCUT2D eigenvalue weighted by Gasteiger charge is -2.18. The lowest BCUT2D eigenvalue weighted by Crippen LogP contribution is -2.28. The van der Waals surface area contributed by atoms with Crippen LogP contribution in [0, 0.1) is 0 Å². The van der Waals surface area contributed by atoms with Crippen molar-refractivity contribution in [1.29, 1.82) is 0 Å². The molecule has 0 saturated carbocycles. The van der Waals surface area contributed by atoms with Crippen molar-refractivity contribution in [2.24, 2.45) is 0 Å². The minimum Gasteiger partial charge on any atom is -0.492 e. The van der Waals surface area contributed by atoms with Gasteiger partial charge in [0.05, 0.1) is 6.61 Å². The Labute approximate surface area is 113 Å². The SMILES string of the molecule is CCN(CC)CCOc1cc2c(cc1CO)OCO2. The van der Waals surface area contributed by atoms with Gasteiger partial charge in [-0.25, -0.2) is 0 Å². The molecule has 1 aromatic rings. The van der Waals surface area contributed by atoms with Gasteiger partial charge in [0.15, 0.2) is 11.5 Å². The van der Waals surface area contributed by atoms with Crippen molar-refractivity contribution in [1.82, 2.24) is 4.90 Å². The summed E-state index contributed by atoms with van der Waals surface area (Å²) in [6.07, 6.45) is 0. The molecule has 106 valence electrons. The largest absolute Gasteiger partial charge is 0.492 e. The molecule has 1 aliphatic heterocycles. The second kappa shape index (κ2) is 6.63. The first-order valence-corrected chi connectivity index (χ1v) is 6.67. The molecule has 0 saturated heterocycles. The Balaban J connectivity index is 1.99. The fourth-order valence-corrected chi connectivity index (χ4v) is 2.05. The number of fused-ring (bicyclic) bond motifs is 1. The summed E-state index contributed by atoms with van der Waals surface area (Å²) in [5.74, 6) is 2.01. The minimum atomic E-state index is -0.0722. The molecule has 19 heavy (non-hydrogen) atoms. The molecule has 0 atom stereocenters. The summed E-state index contributed by atoms with van der Waals surface area (Å²) in [7, 11) is 0. The van der Waals surface area contributed by atoms with Crippen molar-refractivity contribution < 1.29 is 19.3 Å². The maximum absolute atomic E-state index is 9.36. The molecule has 0 bridgehead atoms. The Hall–Kier alpha value is -1.46. The van der Waals surface area contributed by atoms with E-state index in [1.165, 1.54) is 0 Å². The Morgan fingerprint density at radius 3 is 2.53 bits per heavy atom. The predicted octanol–water partition coefficient (Wildman–Crippen LogP) is 1.63. The zero-order chi connectivity index (χ0) is 13.7. The van der Waals surface area contributed by atoms with Crippen molar-refractivity contribution in [3.05, 3.63) is 17.7 Å². The van der Waals surface area contributed by atoms with Gasteiger partial charge in [-0.2, -0.15) is 0 Å². The summed E-state index contributed by atoms with van der Waals surface area (Å²) in [5.41, 5.74) is 0.726. The number of nitrogens with zero attached hydrogens (tertiary/aromatic N) is 1. The molecule has 2 rings (SSSR count). The predicted molar refractivity (Wildman–Crippen MR) is 71.8 cm³/mol. The molecule has 1 N–H and O–H groups in total. The van der Waals surface area contributed by atoms with Crippen LogP contribution in [0.4, 0.5) is 0 Å². The van der Waals surface area contributed by atoms with E-state index in [0.29, 0.717) is 23.9 Å². The molecule has 0 unspecified atom stereocenters. The molecule has 5 heteroatoms. The van der Waals surface area contributed by atoms with E-state index in [0.717, 1.165) is 25.2 Å². The first kappa shape index (κ1) is 14.0. The van der Waals surface area contributed by atoms with Crippen LogP contribution in [0.5, 0.6) is 17.2 Å².